The molecule has 102 valence electrons. The van der Waals surface area contributed by atoms with Gasteiger partial charge in [-0.3, -0.25) is 0 Å². The van der Waals surface area contributed by atoms with Gasteiger partial charge in [-0.25, -0.2) is 9.36 Å². The minimum absolute atomic E-state index is 0.0193. The van der Waals surface area contributed by atoms with Gasteiger partial charge < -0.3 is 14.3 Å². The van der Waals surface area contributed by atoms with Crippen molar-refractivity contribution in [2.24, 2.45) is 0 Å². The highest BCUT2D eigenvalue weighted by Gasteiger charge is 2.24. The van der Waals surface area contributed by atoms with Crippen LogP contribution >= 0.6 is 0 Å². The first-order chi connectivity index (χ1) is 7.98. The Kier molecular flexibility index (Phi) is 3.80. The van der Waals surface area contributed by atoms with Crippen LogP contribution in [0.4, 0.5) is 4.79 Å². The van der Waals surface area contributed by atoms with E-state index in [1.54, 1.807) is 20.8 Å². The molecule has 1 heterocycles. The monoisotopic (exact) mass is 271 g/mol. The highest BCUT2D eigenvalue weighted by Crippen LogP contribution is 2.25. The van der Waals surface area contributed by atoms with E-state index in [0.29, 0.717) is 5.88 Å². The fourth-order valence-electron chi connectivity index (χ4n) is 1.28. The molecule has 0 fully saturated rings. The SMILES string of the molecule is CC(C)(C)OC(=O)n1cc(O)cc1O[Si](C)(C)C. The van der Waals surface area contributed by atoms with Gasteiger partial charge in [-0.05, 0) is 40.4 Å². The van der Waals surface area contributed by atoms with E-state index >= 15 is 0 Å². The van der Waals surface area contributed by atoms with Crippen molar-refractivity contribution in [1.29, 1.82) is 0 Å². The zero-order valence-corrected chi connectivity index (χ0v) is 12.8. The Morgan fingerprint density at radius 2 is 1.89 bits per heavy atom. The predicted octanol–water partition coefficient (Wildman–Crippen LogP) is 3.19. The van der Waals surface area contributed by atoms with Gasteiger partial charge in [0.05, 0.1) is 6.20 Å². The summed E-state index contributed by atoms with van der Waals surface area (Å²) in [5, 5.41) is 9.48. The van der Waals surface area contributed by atoms with Crippen LogP contribution in [0.5, 0.6) is 11.6 Å². The molecule has 0 aliphatic carbocycles. The van der Waals surface area contributed by atoms with Crippen molar-refractivity contribution in [2.45, 2.75) is 46.0 Å². The minimum atomic E-state index is -1.86. The fourth-order valence-corrected chi connectivity index (χ4v) is 2.06. The molecule has 18 heavy (non-hydrogen) atoms. The van der Waals surface area contributed by atoms with Gasteiger partial charge in [0.15, 0.2) is 5.88 Å². The predicted molar refractivity (Wildman–Crippen MR) is 71.7 cm³/mol. The summed E-state index contributed by atoms with van der Waals surface area (Å²) in [6.07, 6.45) is 0.736. The van der Waals surface area contributed by atoms with E-state index in [1.807, 2.05) is 19.6 Å². The quantitative estimate of drug-likeness (QED) is 0.839. The Morgan fingerprint density at radius 3 is 2.33 bits per heavy atom. The molecule has 1 aromatic rings. The number of carbonyl (C=O) groups excluding carboxylic acids is 1. The standard InChI is InChI=1S/C12H21NO4Si/c1-12(2,3)16-11(15)13-8-9(14)7-10(13)17-18(4,5)6/h7-8,14H,1-6H3. The molecule has 0 aromatic carbocycles. The zero-order valence-electron chi connectivity index (χ0n) is 11.8. The summed E-state index contributed by atoms with van der Waals surface area (Å²) in [5.41, 5.74) is -0.590. The van der Waals surface area contributed by atoms with E-state index in [1.165, 1.54) is 16.8 Å². The molecule has 5 nitrogen and oxygen atoms in total. The fraction of sp³-hybridized carbons (Fsp3) is 0.583. The van der Waals surface area contributed by atoms with Crippen LogP contribution in [0.15, 0.2) is 12.3 Å². The van der Waals surface area contributed by atoms with Crippen molar-refractivity contribution in [1.82, 2.24) is 4.57 Å². The maximum atomic E-state index is 11.9. The van der Waals surface area contributed by atoms with Gasteiger partial charge in [0.1, 0.15) is 11.4 Å². The molecule has 0 bridgehead atoms. The van der Waals surface area contributed by atoms with Crippen LogP contribution in [0.2, 0.25) is 19.6 Å². The first-order valence-electron chi connectivity index (χ1n) is 5.82. The number of rotatable bonds is 2. The van der Waals surface area contributed by atoms with Crippen LogP contribution < -0.4 is 4.43 Å². The molecule has 0 radical (unpaired) electrons. The lowest BCUT2D eigenvalue weighted by Crippen LogP contribution is -2.32. The van der Waals surface area contributed by atoms with Crippen molar-refractivity contribution >= 4 is 14.4 Å². The number of aromatic hydroxyl groups is 1. The Hall–Kier alpha value is -1.43. The summed E-state index contributed by atoms with van der Waals surface area (Å²) in [6.45, 7) is 11.3. The van der Waals surface area contributed by atoms with Gasteiger partial charge in [0, 0.05) is 6.07 Å². The lowest BCUT2D eigenvalue weighted by atomic mass is 10.2. The first-order valence-corrected chi connectivity index (χ1v) is 9.22. The average Bonchev–Trinajstić information content (AvgIpc) is 2.40. The second kappa shape index (κ2) is 4.68. The summed E-state index contributed by atoms with van der Waals surface area (Å²) in [6, 6.07) is 1.42. The molecule has 0 amide bonds. The molecule has 1 aromatic heterocycles. The van der Waals surface area contributed by atoms with E-state index in [2.05, 4.69) is 0 Å². The van der Waals surface area contributed by atoms with Crippen molar-refractivity contribution in [3.8, 4) is 11.6 Å². The molecule has 1 N–H and O–H groups in total. The number of hydrogen-bond acceptors (Lipinski definition) is 4. The van der Waals surface area contributed by atoms with Gasteiger partial charge in [-0.2, -0.15) is 0 Å². The Bertz CT molecular complexity index is 440. The summed E-state index contributed by atoms with van der Waals surface area (Å²) < 4.78 is 12.2. The van der Waals surface area contributed by atoms with Gasteiger partial charge in [0.25, 0.3) is 0 Å². The number of nitrogens with zero attached hydrogens (tertiary/aromatic N) is 1. The van der Waals surface area contributed by atoms with Gasteiger partial charge in [0.2, 0.25) is 8.32 Å². The topological polar surface area (TPSA) is 60.7 Å². The number of ether oxygens (including phenoxy) is 1. The summed E-state index contributed by atoms with van der Waals surface area (Å²) in [4.78, 5) is 11.9. The molecular formula is C12H21NO4Si. The van der Waals surface area contributed by atoms with Crippen molar-refractivity contribution in [3.63, 3.8) is 0 Å². The Labute approximate surface area is 108 Å². The van der Waals surface area contributed by atoms with Crippen LogP contribution in [0.1, 0.15) is 20.8 Å². The Balaban J connectivity index is 2.98. The van der Waals surface area contributed by atoms with Crippen molar-refractivity contribution < 1.29 is 19.1 Å². The second-order valence-electron chi connectivity index (χ2n) is 6.10. The van der Waals surface area contributed by atoms with Crippen LogP contribution in [0.25, 0.3) is 0 Å². The number of carbonyl (C=O) groups is 1. The normalized spacial score (nSPS) is 12.3. The van der Waals surface area contributed by atoms with E-state index < -0.39 is 20.0 Å². The average molecular weight is 271 g/mol. The molecule has 0 unspecified atom stereocenters. The van der Waals surface area contributed by atoms with E-state index in [-0.39, 0.29) is 5.75 Å². The summed E-state index contributed by atoms with van der Waals surface area (Å²) >= 11 is 0. The minimum Gasteiger partial charge on any atom is -0.532 e. The third-order valence-electron chi connectivity index (χ3n) is 1.77. The molecule has 1 rings (SSSR count). The molecule has 0 saturated carbocycles. The summed E-state index contributed by atoms with van der Waals surface area (Å²) in [7, 11) is -1.86. The third-order valence-corrected chi connectivity index (χ3v) is 2.59. The van der Waals surface area contributed by atoms with E-state index in [9.17, 15) is 9.90 Å². The molecule has 0 atom stereocenters. The molecular weight excluding hydrogens is 250 g/mol. The van der Waals surface area contributed by atoms with Gasteiger partial charge in [-0.15, -0.1) is 0 Å². The van der Waals surface area contributed by atoms with Crippen LogP contribution in [-0.4, -0.2) is 29.7 Å². The lowest BCUT2D eigenvalue weighted by molar-refractivity contribution is 0.0529. The Morgan fingerprint density at radius 1 is 1.33 bits per heavy atom. The summed E-state index contributed by atoms with van der Waals surface area (Å²) in [5.74, 6) is 0.301. The molecule has 0 spiro atoms. The molecule has 0 aliphatic heterocycles. The number of hydrogen-bond donors (Lipinski definition) is 1. The smallest absolute Gasteiger partial charge is 0.421 e. The largest absolute Gasteiger partial charge is 0.532 e. The van der Waals surface area contributed by atoms with Crippen LogP contribution in [0, 0.1) is 0 Å². The molecule has 0 saturated heterocycles. The van der Waals surface area contributed by atoms with Gasteiger partial charge >= 0.3 is 6.09 Å². The maximum absolute atomic E-state index is 11.9. The van der Waals surface area contributed by atoms with E-state index in [4.69, 9.17) is 9.16 Å². The highest BCUT2D eigenvalue weighted by molar-refractivity contribution is 6.70. The number of aromatic nitrogens is 1. The molecule has 6 heteroatoms. The zero-order chi connectivity index (χ0) is 14.1. The third kappa shape index (κ3) is 4.44. The van der Waals surface area contributed by atoms with Crippen LogP contribution in [-0.2, 0) is 4.74 Å². The van der Waals surface area contributed by atoms with Crippen molar-refractivity contribution in [3.05, 3.63) is 12.3 Å². The molecule has 0 aliphatic rings. The first kappa shape index (κ1) is 14.6. The van der Waals surface area contributed by atoms with Gasteiger partial charge in [-0.1, -0.05) is 0 Å². The van der Waals surface area contributed by atoms with E-state index in [0.717, 1.165) is 0 Å². The van der Waals surface area contributed by atoms with Crippen LogP contribution in [0.3, 0.4) is 0 Å². The maximum Gasteiger partial charge on any atom is 0.421 e. The second-order valence-corrected chi connectivity index (χ2v) is 10.5. The lowest BCUT2D eigenvalue weighted by Gasteiger charge is -2.22. The van der Waals surface area contributed by atoms with Crippen molar-refractivity contribution in [2.75, 3.05) is 0 Å². The highest BCUT2D eigenvalue weighted by atomic mass is 28.4.